The van der Waals surface area contributed by atoms with E-state index in [4.69, 9.17) is 37.9 Å². The van der Waals surface area contributed by atoms with Gasteiger partial charge in [-0.3, -0.25) is 9.59 Å². The molecule has 0 radical (unpaired) electrons. The van der Waals surface area contributed by atoms with Crippen LogP contribution in [0.4, 0.5) is 0 Å². The van der Waals surface area contributed by atoms with Crippen LogP contribution in [-0.2, 0) is 47.5 Å². The van der Waals surface area contributed by atoms with Crippen LogP contribution in [0.2, 0.25) is 0 Å². The van der Waals surface area contributed by atoms with Gasteiger partial charge in [-0.25, -0.2) is 0 Å². The first-order valence-corrected chi connectivity index (χ1v) is 27.5. The highest BCUT2D eigenvalue weighted by Crippen LogP contribution is 2.76. The van der Waals surface area contributed by atoms with Crippen LogP contribution in [0.25, 0.3) is 0 Å². The highest BCUT2D eigenvalue weighted by molar-refractivity contribution is 5.80. The standard InChI is InChI=1S/C53H84O25/c1-48(2)13-14-53(47(70)78-45-40(67)41(77-44-39(66)36(63)33(60)25(18-55)74-44)34(61)26(75-45)20-72-42-38(65)35(62)32(59)24(17-54)73-42)22(15-48)21-7-8-27-49(3)11-10-30(76-43-37(64)31(58)23(56)19-71-43)52(6,46(68)69)28(49)9-12-50(27,4)51(21,5)16-29(53)57/h7,22-45,54-67H,8-20H2,1-6H3,(H,68,69)/t22-,23+,24+,25+,26+,27+,28?,29+,30-,31-,32+,33+,34+,35-,36-,37+,38+,39+,40+,41-,42+,43-,44-,45-,49+,50+,51+,52-,53+/m0/s1. The van der Waals surface area contributed by atoms with E-state index in [9.17, 15) is 81.4 Å². The number of carboxylic acids is 1. The minimum atomic E-state index is -2.11. The maximum absolute atomic E-state index is 15.5. The van der Waals surface area contributed by atoms with Gasteiger partial charge in [0.25, 0.3) is 0 Å². The van der Waals surface area contributed by atoms with Crippen LogP contribution in [0.5, 0.6) is 0 Å². The van der Waals surface area contributed by atoms with E-state index in [2.05, 4.69) is 40.7 Å². The number of hydrogen-bond donors (Lipinski definition) is 15. The van der Waals surface area contributed by atoms with Crippen LogP contribution in [0.3, 0.4) is 0 Å². The summed E-state index contributed by atoms with van der Waals surface area (Å²) in [7, 11) is 0. The zero-order valence-electron chi connectivity index (χ0n) is 44.9. The minimum Gasteiger partial charge on any atom is -0.481 e. The zero-order valence-corrected chi connectivity index (χ0v) is 44.9. The van der Waals surface area contributed by atoms with Gasteiger partial charge >= 0.3 is 11.9 Å². The van der Waals surface area contributed by atoms with Crippen LogP contribution < -0.4 is 0 Å². The number of rotatable bonds is 12. The Morgan fingerprint density at radius 2 is 1.22 bits per heavy atom. The molecule has 25 nitrogen and oxygen atoms in total. The fraction of sp³-hybridized carbons (Fsp3) is 0.925. The summed E-state index contributed by atoms with van der Waals surface area (Å²) in [6.07, 6.45) is -30.1. The smallest absolute Gasteiger partial charge is 0.317 e. The van der Waals surface area contributed by atoms with E-state index in [1.54, 1.807) is 6.92 Å². The Morgan fingerprint density at radius 1 is 0.615 bits per heavy atom. The fourth-order valence-electron chi connectivity index (χ4n) is 16.2. The summed E-state index contributed by atoms with van der Waals surface area (Å²) in [4.78, 5) is 29.1. The van der Waals surface area contributed by atoms with Crippen molar-refractivity contribution in [3.05, 3.63) is 11.6 Å². The number of carboxylic acid groups (broad SMARTS) is 1. The van der Waals surface area contributed by atoms with Gasteiger partial charge in [0.2, 0.25) is 6.29 Å². The third-order valence-corrected chi connectivity index (χ3v) is 21.2. The van der Waals surface area contributed by atoms with Crippen molar-refractivity contribution in [2.75, 3.05) is 26.4 Å². The summed E-state index contributed by atoms with van der Waals surface area (Å²) < 4.78 is 46.8. The Morgan fingerprint density at radius 3 is 1.85 bits per heavy atom. The predicted molar refractivity (Wildman–Crippen MR) is 260 cm³/mol. The second-order valence-corrected chi connectivity index (χ2v) is 25.7. The van der Waals surface area contributed by atoms with Gasteiger partial charge in [-0.05, 0) is 104 Å². The molecule has 0 aromatic heterocycles. The Labute approximate surface area is 451 Å². The van der Waals surface area contributed by atoms with Crippen molar-refractivity contribution in [3.8, 4) is 0 Å². The van der Waals surface area contributed by atoms with Crippen LogP contribution in [0, 0.1) is 50.2 Å². The lowest BCUT2D eigenvalue weighted by atomic mass is 9.33. The number of carbonyl (C=O) groups excluding carboxylic acids is 1. The second-order valence-electron chi connectivity index (χ2n) is 25.7. The number of ether oxygens (including phenoxy) is 8. The zero-order chi connectivity index (χ0) is 57.1. The van der Waals surface area contributed by atoms with E-state index in [-0.39, 0.29) is 37.2 Å². The second kappa shape index (κ2) is 21.8. The van der Waals surface area contributed by atoms with Crippen LogP contribution in [0.1, 0.15) is 99.3 Å². The molecule has 15 N–H and O–H groups in total. The Balaban J connectivity index is 1.01. The number of fused-ring (bicyclic) bond motifs is 7. The van der Waals surface area contributed by atoms with E-state index in [1.807, 2.05) is 0 Å². The van der Waals surface area contributed by atoms with Crippen molar-refractivity contribution in [3.63, 3.8) is 0 Å². The Hall–Kier alpha value is -2.16. The number of aliphatic carboxylic acids is 1. The summed E-state index contributed by atoms with van der Waals surface area (Å²) in [6, 6.07) is 0. The monoisotopic (exact) mass is 1120 g/mol. The van der Waals surface area contributed by atoms with Crippen LogP contribution in [0.15, 0.2) is 11.6 Å². The van der Waals surface area contributed by atoms with Crippen molar-refractivity contribution >= 4 is 11.9 Å². The molecule has 4 heterocycles. The van der Waals surface area contributed by atoms with Gasteiger partial charge in [-0.2, -0.15) is 0 Å². The molecule has 4 aliphatic heterocycles. The molecular weight excluding hydrogens is 1040 g/mol. The summed E-state index contributed by atoms with van der Waals surface area (Å²) in [5.41, 5.74) is -4.48. The molecule has 446 valence electrons. The molecular formula is C53H84O25. The first-order chi connectivity index (χ1) is 36.5. The normalized spacial score (nSPS) is 54.1. The van der Waals surface area contributed by atoms with Gasteiger partial charge in [-0.15, -0.1) is 0 Å². The molecule has 8 fully saturated rings. The summed E-state index contributed by atoms with van der Waals surface area (Å²) in [5, 5.41) is 162. The molecule has 0 aromatic carbocycles. The van der Waals surface area contributed by atoms with Crippen LogP contribution in [-0.4, -0.2) is 244 Å². The van der Waals surface area contributed by atoms with Crippen LogP contribution >= 0.6 is 0 Å². The van der Waals surface area contributed by atoms with Gasteiger partial charge < -0.3 is 114 Å². The van der Waals surface area contributed by atoms with Gasteiger partial charge in [0.15, 0.2) is 18.9 Å². The number of allylic oxidation sites excluding steroid dienone is 2. The molecule has 0 bridgehead atoms. The summed E-state index contributed by atoms with van der Waals surface area (Å²) in [6.45, 7) is 9.53. The summed E-state index contributed by atoms with van der Waals surface area (Å²) in [5.74, 6) is -3.25. The first kappa shape index (κ1) is 60.4. The van der Waals surface area contributed by atoms with Crippen molar-refractivity contribution < 1.29 is 124 Å². The molecule has 9 aliphatic rings. The molecule has 0 spiro atoms. The minimum absolute atomic E-state index is 0.0802. The van der Waals surface area contributed by atoms with E-state index in [0.29, 0.717) is 38.5 Å². The van der Waals surface area contributed by atoms with Gasteiger partial charge in [0, 0.05) is 0 Å². The van der Waals surface area contributed by atoms with Crippen molar-refractivity contribution in [1.29, 1.82) is 0 Å². The highest BCUT2D eigenvalue weighted by atomic mass is 16.8. The average molecular weight is 1120 g/mol. The lowest BCUT2D eigenvalue weighted by Crippen LogP contribution is -2.69. The molecule has 0 amide bonds. The van der Waals surface area contributed by atoms with Crippen molar-refractivity contribution in [2.24, 2.45) is 50.2 Å². The number of aliphatic hydroxyl groups excluding tert-OH is 14. The van der Waals surface area contributed by atoms with Gasteiger partial charge in [0.05, 0.1) is 44.1 Å². The largest absolute Gasteiger partial charge is 0.481 e. The fourth-order valence-corrected chi connectivity index (χ4v) is 16.2. The van der Waals surface area contributed by atoms with Gasteiger partial charge in [0.1, 0.15) is 97.0 Å². The van der Waals surface area contributed by atoms with E-state index < -0.39 is 200 Å². The molecule has 5 aliphatic carbocycles. The third-order valence-electron chi connectivity index (χ3n) is 21.2. The molecule has 4 saturated heterocycles. The van der Waals surface area contributed by atoms with Crippen molar-refractivity contribution in [1.82, 2.24) is 0 Å². The highest BCUT2D eigenvalue weighted by Gasteiger charge is 2.73. The molecule has 78 heavy (non-hydrogen) atoms. The SMILES string of the molecule is CC1(C)CC[C@]2(C(=O)O[C@@H]3O[C@H](CO[C@@H]4O[C@H](CO)[C@@H](O)[C@H](O)[C@H]4O)[C@@H](O)[C@H](O[C@@H]4O[C@H](CO)[C@@H](O)[C@H](O)[C@H]4O)[C@H]3O)[C@H](O)C[C@]3(C)C(=CC[C@@H]4[C@@]5(C)CC[C@H](O[C@@H]6OC[C@@H](O)[C@H](O)[C@H]6O)[C@@](C)(C(=O)O)C5CC[C@]43C)[C@@H]2C1. The maximum atomic E-state index is 15.5. The van der Waals surface area contributed by atoms with E-state index in [0.717, 1.165) is 5.57 Å². The van der Waals surface area contributed by atoms with Gasteiger partial charge in [-0.1, -0.05) is 46.3 Å². The van der Waals surface area contributed by atoms with Crippen molar-refractivity contribution in [2.45, 2.75) is 228 Å². The topological polar surface area (TPSA) is 411 Å². The molecule has 9 rings (SSSR count). The lowest BCUT2D eigenvalue weighted by Gasteiger charge is -2.71. The number of hydrogen-bond acceptors (Lipinski definition) is 24. The lowest BCUT2D eigenvalue weighted by molar-refractivity contribution is -0.363. The third kappa shape index (κ3) is 9.52. The Kier molecular flexibility index (Phi) is 16.9. The molecule has 0 aromatic rings. The summed E-state index contributed by atoms with van der Waals surface area (Å²) >= 11 is 0. The van der Waals surface area contributed by atoms with E-state index >= 15 is 4.79 Å². The first-order valence-electron chi connectivity index (χ1n) is 27.5. The number of aliphatic hydroxyl groups is 14. The maximum Gasteiger partial charge on any atom is 0.317 e. The molecule has 29 atom stereocenters. The predicted octanol–water partition coefficient (Wildman–Crippen LogP) is -3.36. The molecule has 25 heteroatoms. The number of carbonyl (C=O) groups is 2. The molecule has 1 unspecified atom stereocenters. The number of esters is 1. The van der Waals surface area contributed by atoms with E-state index in [1.165, 1.54) is 0 Å². The molecule has 4 saturated carbocycles. The average Bonchev–Trinajstić information content (AvgIpc) is 2.95. The Bertz CT molecular complexity index is 2200. The quantitative estimate of drug-likeness (QED) is 0.0515.